The molecule has 4 aromatic rings. The summed E-state index contributed by atoms with van der Waals surface area (Å²) in [6.07, 6.45) is 9.48. The van der Waals surface area contributed by atoms with Gasteiger partial charge in [-0.1, -0.05) is 43.2 Å². The van der Waals surface area contributed by atoms with E-state index >= 15 is 0 Å². The van der Waals surface area contributed by atoms with Gasteiger partial charge in [0.25, 0.3) is 0 Å². The van der Waals surface area contributed by atoms with E-state index in [0.29, 0.717) is 6.04 Å². The molecule has 1 saturated heterocycles. The van der Waals surface area contributed by atoms with Crippen LogP contribution in [0.2, 0.25) is 0 Å². The van der Waals surface area contributed by atoms with Gasteiger partial charge < -0.3 is 10.1 Å². The molecular formula is C30H34N4O. The van der Waals surface area contributed by atoms with E-state index in [-0.39, 0.29) is 0 Å². The Morgan fingerprint density at radius 3 is 2.54 bits per heavy atom. The summed E-state index contributed by atoms with van der Waals surface area (Å²) in [6, 6.07) is 20.6. The lowest BCUT2D eigenvalue weighted by Crippen LogP contribution is -2.38. The number of likely N-dealkylation sites (tertiary alicyclic amines) is 1. The molecule has 180 valence electrons. The highest BCUT2D eigenvalue weighted by atomic mass is 16.5. The quantitative estimate of drug-likeness (QED) is 0.350. The van der Waals surface area contributed by atoms with Crippen LogP contribution in [0.15, 0.2) is 60.8 Å². The van der Waals surface area contributed by atoms with E-state index in [4.69, 9.17) is 4.74 Å². The highest BCUT2D eigenvalue weighted by Gasteiger charge is 2.21. The Hall–Kier alpha value is -3.18. The zero-order chi connectivity index (χ0) is 23.6. The van der Waals surface area contributed by atoms with Gasteiger partial charge in [-0.15, -0.1) is 5.10 Å². The topological polar surface area (TPSA) is 50.3 Å². The number of hydrogen-bond donors (Lipinski definition) is 1. The molecule has 35 heavy (non-hydrogen) atoms. The highest BCUT2D eigenvalue weighted by Crippen LogP contribution is 2.35. The first kappa shape index (κ1) is 22.3. The maximum Gasteiger partial charge on any atom is 0.156 e. The van der Waals surface area contributed by atoms with Crippen LogP contribution in [0.25, 0.3) is 21.5 Å². The van der Waals surface area contributed by atoms with E-state index in [1.54, 1.807) is 13.3 Å². The predicted molar refractivity (Wildman–Crippen MR) is 143 cm³/mol. The summed E-state index contributed by atoms with van der Waals surface area (Å²) in [5.74, 6) is 2.48. The number of benzene rings is 3. The Kier molecular flexibility index (Phi) is 6.26. The number of fused-ring (bicyclic) bond motifs is 2. The van der Waals surface area contributed by atoms with Crippen molar-refractivity contribution in [1.82, 2.24) is 15.1 Å². The monoisotopic (exact) mass is 466 g/mol. The number of methoxy groups -OCH3 is 1. The lowest BCUT2D eigenvalue weighted by atomic mass is 9.94. The van der Waals surface area contributed by atoms with Crippen molar-refractivity contribution >= 4 is 27.4 Å². The fraction of sp³-hybridized carbons (Fsp3) is 0.400. The average molecular weight is 467 g/mol. The smallest absolute Gasteiger partial charge is 0.156 e. The van der Waals surface area contributed by atoms with E-state index in [9.17, 15) is 0 Å². The standard InChI is InChI=1S/C30H34N4O/c1-35-28-10-11-29-26(18-28)19-31-33-30(29)32-27-12-14-34(15-13-27)20-21-6-7-23-8-9-24(17-25(23)16-21)22-4-2-3-5-22/h6-11,16-19,22,27H,2-5,12-15,20H2,1H3,(H,32,33). The molecule has 0 unspecified atom stereocenters. The number of piperidine rings is 1. The van der Waals surface area contributed by atoms with Crippen molar-refractivity contribution in [2.45, 2.75) is 57.0 Å². The zero-order valence-electron chi connectivity index (χ0n) is 20.5. The van der Waals surface area contributed by atoms with E-state index in [0.717, 1.165) is 60.7 Å². The van der Waals surface area contributed by atoms with Gasteiger partial charge in [-0.05, 0) is 77.8 Å². The molecule has 1 aliphatic heterocycles. The molecule has 1 aromatic heterocycles. The van der Waals surface area contributed by atoms with E-state index in [2.05, 4.69) is 62.9 Å². The minimum atomic E-state index is 0.416. The first-order chi connectivity index (χ1) is 17.2. The molecule has 0 radical (unpaired) electrons. The van der Waals surface area contributed by atoms with Crippen LogP contribution in [-0.2, 0) is 6.54 Å². The molecule has 0 atom stereocenters. The maximum absolute atomic E-state index is 5.35. The molecule has 6 rings (SSSR count). The van der Waals surface area contributed by atoms with E-state index in [1.807, 2.05) is 12.1 Å². The normalized spacial score (nSPS) is 17.9. The first-order valence-electron chi connectivity index (χ1n) is 13.1. The van der Waals surface area contributed by atoms with Crippen LogP contribution < -0.4 is 10.1 Å². The second-order valence-corrected chi connectivity index (χ2v) is 10.3. The van der Waals surface area contributed by atoms with Gasteiger partial charge in [0.15, 0.2) is 5.82 Å². The summed E-state index contributed by atoms with van der Waals surface area (Å²) in [5.41, 5.74) is 2.95. The maximum atomic E-state index is 5.35. The van der Waals surface area contributed by atoms with Crippen molar-refractivity contribution in [2.24, 2.45) is 0 Å². The van der Waals surface area contributed by atoms with Crippen LogP contribution in [0.5, 0.6) is 5.75 Å². The highest BCUT2D eigenvalue weighted by molar-refractivity contribution is 5.92. The summed E-state index contributed by atoms with van der Waals surface area (Å²) >= 11 is 0. The Bertz CT molecular complexity index is 1320. The van der Waals surface area contributed by atoms with Gasteiger partial charge in [-0.3, -0.25) is 4.90 Å². The van der Waals surface area contributed by atoms with Gasteiger partial charge in [-0.25, -0.2) is 0 Å². The van der Waals surface area contributed by atoms with Crippen LogP contribution in [0.1, 0.15) is 55.6 Å². The molecule has 0 bridgehead atoms. The molecule has 1 N–H and O–H groups in total. The number of anilines is 1. The third-order valence-electron chi connectivity index (χ3n) is 7.96. The van der Waals surface area contributed by atoms with Crippen molar-refractivity contribution in [3.8, 4) is 5.75 Å². The van der Waals surface area contributed by atoms with Crippen LogP contribution in [0.3, 0.4) is 0 Å². The SMILES string of the molecule is COc1ccc2c(NC3CCN(Cc4ccc5ccc(C6CCCC6)cc5c4)CC3)nncc2c1. The van der Waals surface area contributed by atoms with Crippen LogP contribution in [0, 0.1) is 0 Å². The number of ether oxygens (including phenoxy) is 1. The minimum Gasteiger partial charge on any atom is -0.497 e. The van der Waals surface area contributed by atoms with Crippen molar-refractivity contribution in [1.29, 1.82) is 0 Å². The molecule has 5 nitrogen and oxygen atoms in total. The van der Waals surface area contributed by atoms with Gasteiger partial charge in [0.2, 0.25) is 0 Å². The predicted octanol–water partition coefficient (Wildman–Crippen LogP) is 6.53. The number of hydrogen-bond acceptors (Lipinski definition) is 5. The number of rotatable bonds is 6. The average Bonchev–Trinajstić information content (AvgIpc) is 3.44. The fourth-order valence-electron chi connectivity index (χ4n) is 5.91. The van der Waals surface area contributed by atoms with Crippen LogP contribution in [-0.4, -0.2) is 41.3 Å². The molecular weight excluding hydrogens is 432 g/mol. The third kappa shape index (κ3) is 4.83. The summed E-state index contributed by atoms with van der Waals surface area (Å²) in [6.45, 7) is 3.19. The number of nitrogens with one attached hydrogen (secondary N) is 1. The Morgan fingerprint density at radius 2 is 1.71 bits per heavy atom. The van der Waals surface area contributed by atoms with E-state index in [1.165, 1.54) is 47.6 Å². The van der Waals surface area contributed by atoms with Crippen molar-refractivity contribution in [2.75, 3.05) is 25.5 Å². The second-order valence-electron chi connectivity index (χ2n) is 10.3. The fourth-order valence-corrected chi connectivity index (χ4v) is 5.91. The van der Waals surface area contributed by atoms with Crippen molar-refractivity contribution in [3.05, 3.63) is 71.9 Å². The van der Waals surface area contributed by atoms with Gasteiger partial charge in [0.1, 0.15) is 5.75 Å². The molecule has 1 aliphatic carbocycles. The van der Waals surface area contributed by atoms with Gasteiger partial charge in [-0.2, -0.15) is 5.10 Å². The molecule has 2 aliphatic rings. The Labute approximate surface area is 207 Å². The van der Waals surface area contributed by atoms with Crippen LogP contribution >= 0.6 is 0 Å². The molecule has 3 aromatic carbocycles. The number of aromatic nitrogens is 2. The lowest BCUT2D eigenvalue weighted by molar-refractivity contribution is 0.211. The van der Waals surface area contributed by atoms with Gasteiger partial charge >= 0.3 is 0 Å². The molecule has 2 heterocycles. The molecule has 1 saturated carbocycles. The van der Waals surface area contributed by atoms with E-state index < -0.39 is 0 Å². The number of nitrogens with zero attached hydrogens (tertiary/aromatic N) is 3. The van der Waals surface area contributed by atoms with Gasteiger partial charge in [0.05, 0.1) is 13.3 Å². The Morgan fingerprint density at radius 1 is 0.886 bits per heavy atom. The molecule has 0 amide bonds. The third-order valence-corrected chi connectivity index (χ3v) is 7.96. The summed E-state index contributed by atoms with van der Waals surface area (Å²) in [7, 11) is 1.69. The van der Waals surface area contributed by atoms with Gasteiger partial charge in [0, 0.05) is 36.4 Å². The van der Waals surface area contributed by atoms with Crippen molar-refractivity contribution < 1.29 is 4.74 Å². The summed E-state index contributed by atoms with van der Waals surface area (Å²) in [4.78, 5) is 2.58. The lowest BCUT2D eigenvalue weighted by Gasteiger charge is -2.32. The Balaban J connectivity index is 1.09. The molecule has 2 fully saturated rings. The van der Waals surface area contributed by atoms with Crippen LogP contribution in [0.4, 0.5) is 5.82 Å². The van der Waals surface area contributed by atoms with Crippen molar-refractivity contribution in [3.63, 3.8) is 0 Å². The zero-order valence-corrected chi connectivity index (χ0v) is 20.5. The molecule has 5 heteroatoms. The largest absolute Gasteiger partial charge is 0.497 e. The molecule has 0 spiro atoms. The minimum absolute atomic E-state index is 0.416. The first-order valence-corrected chi connectivity index (χ1v) is 13.1. The summed E-state index contributed by atoms with van der Waals surface area (Å²) < 4.78 is 5.35. The summed E-state index contributed by atoms with van der Waals surface area (Å²) in [5, 5.41) is 17.1. The second kappa shape index (κ2) is 9.82.